The zero-order chi connectivity index (χ0) is 28.2. The second kappa shape index (κ2) is 11.9. The number of carbonyl (C=O) groups excluding carboxylic acids is 1. The largest absolute Gasteiger partial charge is 0.318 e. The van der Waals surface area contributed by atoms with Crippen molar-refractivity contribution < 1.29 is 13.2 Å². The number of amides is 1. The van der Waals surface area contributed by atoms with Gasteiger partial charge in [-0.15, -0.1) is 0 Å². The first-order chi connectivity index (χ1) is 18.6. The van der Waals surface area contributed by atoms with Gasteiger partial charge in [-0.25, -0.2) is 13.8 Å². The molecule has 0 saturated heterocycles. The summed E-state index contributed by atoms with van der Waals surface area (Å²) < 4.78 is 30.2. The summed E-state index contributed by atoms with van der Waals surface area (Å²) >= 11 is 6.17. The maximum absolute atomic E-state index is 13.5. The summed E-state index contributed by atoms with van der Waals surface area (Å²) in [4.78, 5) is 13.0. The van der Waals surface area contributed by atoms with Crippen LogP contribution in [0.2, 0.25) is 5.02 Å². The van der Waals surface area contributed by atoms with Crippen molar-refractivity contribution >= 4 is 39.4 Å². The number of aryl methyl sites for hydroxylation is 1. The van der Waals surface area contributed by atoms with E-state index in [1.807, 2.05) is 60.9 Å². The molecule has 0 unspecified atom stereocenters. The summed E-state index contributed by atoms with van der Waals surface area (Å²) in [6.07, 6.45) is 1.55. The summed E-state index contributed by atoms with van der Waals surface area (Å²) in [6, 6.07) is 24.7. The predicted octanol–water partition coefficient (Wildman–Crippen LogP) is 6.22. The molecule has 0 bridgehead atoms. The van der Waals surface area contributed by atoms with E-state index in [1.165, 1.54) is 12.1 Å². The molecular formula is C30H31ClN4O3S. The molecule has 1 heterocycles. The molecule has 7 nitrogen and oxygen atoms in total. The molecule has 0 fully saturated rings. The van der Waals surface area contributed by atoms with Crippen molar-refractivity contribution in [3.8, 4) is 5.69 Å². The normalized spacial score (nSPS) is 11.7. The SMILES string of the molecule is Cc1cc(/C=N\NC(=O)CN(c2ccc(C(C)C)cc2)S(=O)(=O)c2ccccc2)c(C)n1-c1cccc(Cl)c1. The predicted molar refractivity (Wildman–Crippen MR) is 157 cm³/mol. The minimum absolute atomic E-state index is 0.0997. The van der Waals surface area contributed by atoms with Gasteiger partial charge >= 0.3 is 0 Å². The Labute approximate surface area is 234 Å². The van der Waals surface area contributed by atoms with Crippen LogP contribution >= 0.6 is 11.6 Å². The van der Waals surface area contributed by atoms with E-state index in [0.717, 1.165) is 32.5 Å². The molecule has 202 valence electrons. The highest BCUT2D eigenvalue weighted by Crippen LogP contribution is 2.26. The van der Waals surface area contributed by atoms with Gasteiger partial charge < -0.3 is 4.57 Å². The van der Waals surface area contributed by atoms with E-state index in [-0.39, 0.29) is 10.8 Å². The topological polar surface area (TPSA) is 83.8 Å². The zero-order valence-electron chi connectivity index (χ0n) is 22.3. The van der Waals surface area contributed by atoms with Crippen LogP contribution in [-0.4, -0.2) is 31.7 Å². The molecular weight excluding hydrogens is 532 g/mol. The molecule has 0 radical (unpaired) electrons. The smallest absolute Gasteiger partial charge is 0.264 e. The summed E-state index contributed by atoms with van der Waals surface area (Å²) in [5.41, 5.74) is 7.58. The fourth-order valence-corrected chi connectivity index (χ4v) is 5.96. The molecule has 0 saturated carbocycles. The number of hydrogen-bond donors (Lipinski definition) is 1. The average Bonchev–Trinajstić information content (AvgIpc) is 3.20. The lowest BCUT2D eigenvalue weighted by Gasteiger charge is -2.24. The Balaban J connectivity index is 1.55. The van der Waals surface area contributed by atoms with Gasteiger partial charge in [0.15, 0.2) is 0 Å². The van der Waals surface area contributed by atoms with Gasteiger partial charge in [-0.1, -0.05) is 61.8 Å². The van der Waals surface area contributed by atoms with Crippen molar-refractivity contribution in [3.05, 3.63) is 112 Å². The van der Waals surface area contributed by atoms with Crippen molar-refractivity contribution in [1.29, 1.82) is 0 Å². The van der Waals surface area contributed by atoms with Crippen LogP contribution in [0.3, 0.4) is 0 Å². The van der Waals surface area contributed by atoms with E-state index in [0.29, 0.717) is 10.7 Å². The minimum Gasteiger partial charge on any atom is -0.318 e. The Morgan fingerprint density at radius 3 is 2.33 bits per heavy atom. The van der Waals surface area contributed by atoms with Crippen molar-refractivity contribution in [2.24, 2.45) is 5.10 Å². The van der Waals surface area contributed by atoms with E-state index in [2.05, 4.69) is 24.4 Å². The third-order valence-corrected chi connectivity index (χ3v) is 8.42. The molecule has 9 heteroatoms. The number of benzene rings is 3. The lowest BCUT2D eigenvalue weighted by atomic mass is 10.0. The Morgan fingerprint density at radius 1 is 1.00 bits per heavy atom. The molecule has 0 spiro atoms. The number of nitrogens with zero attached hydrogens (tertiary/aromatic N) is 3. The first kappa shape index (κ1) is 28.1. The highest BCUT2D eigenvalue weighted by atomic mass is 35.5. The van der Waals surface area contributed by atoms with Gasteiger partial charge in [0, 0.05) is 27.7 Å². The Morgan fingerprint density at radius 2 is 1.69 bits per heavy atom. The van der Waals surface area contributed by atoms with Crippen LogP contribution in [0.25, 0.3) is 5.69 Å². The highest BCUT2D eigenvalue weighted by molar-refractivity contribution is 7.92. The number of sulfonamides is 1. The van der Waals surface area contributed by atoms with Gasteiger partial charge in [-0.2, -0.15) is 5.10 Å². The quantitative estimate of drug-likeness (QED) is 0.194. The van der Waals surface area contributed by atoms with Gasteiger partial charge in [0.05, 0.1) is 16.8 Å². The first-order valence-electron chi connectivity index (χ1n) is 12.5. The zero-order valence-corrected chi connectivity index (χ0v) is 23.9. The standard InChI is InChI=1S/C30H31ClN4O3S/c1-21(2)24-13-15-27(16-14-24)34(39(37,38)29-11-6-5-7-12-29)20-30(36)33-32-19-25-17-22(3)35(23(25)4)28-10-8-9-26(31)18-28/h5-19,21H,20H2,1-4H3,(H,33,36)/b32-19-. The van der Waals surface area contributed by atoms with E-state index < -0.39 is 22.5 Å². The fourth-order valence-electron chi connectivity index (χ4n) is 4.33. The molecule has 4 aromatic rings. The van der Waals surface area contributed by atoms with Gasteiger partial charge in [-0.05, 0) is 73.9 Å². The van der Waals surface area contributed by atoms with Crippen molar-refractivity contribution in [3.63, 3.8) is 0 Å². The van der Waals surface area contributed by atoms with Crippen LogP contribution in [0.4, 0.5) is 5.69 Å². The summed E-state index contributed by atoms with van der Waals surface area (Å²) in [7, 11) is -4.00. The number of aromatic nitrogens is 1. The molecule has 39 heavy (non-hydrogen) atoms. The first-order valence-corrected chi connectivity index (χ1v) is 14.3. The highest BCUT2D eigenvalue weighted by Gasteiger charge is 2.27. The number of rotatable bonds is 9. The van der Waals surface area contributed by atoms with Crippen LogP contribution in [-0.2, 0) is 14.8 Å². The number of halogens is 1. The lowest BCUT2D eigenvalue weighted by molar-refractivity contribution is -0.119. The molecule has 1 amide bonds. The second-order valence-corrected chi connectivity index (χ2v) is 11.8. The average molecular weight is 563 g/mol. The van der Waals surface area contributed by atoms with Crippen molar-refractivity contribution in [2.45, 2.75) is 38.5 Å². The molecule has 0 aliphatic rings. The van der Waals surface area contributed by atoms with E-state index >= 15 is 0 Å². The number of carbonyl (C=O) groups is 1. The Bertz CT molecular complexity index is 1600. The number of hydrogen-bond acceptors (Lipinski definition) is 4. The molecule has 0 atom stereocenters. The molecule has 4 rings (SSSR count). The Hall–Kier alpha value is -3.88. The third kappa shape index (κ3) is 6.41. The number of nitrogens with one attached hydrogen (secondary N) is 1. The second-order valence-electron chi connectivity index (χ2n) is 9.51. The van der Waals surface area contributed by atoms with Gasteiger partial charge in [0.25, 0.3) is 15.9 Å². The summed E-state index contributed by atoms with van der Waals surface area (Å²) in [5, 5.41) is 4.76. The Kier molecular flexibility index (Phi) is 8.57. The molecule has 1 N–H and O–H groups in total. The van der Waals surface area contributed by atoms with Crippen LogP contribution in [0.15, 0.2) is 94.9 Å². The van der Waals surface area contributed by atoms with E-state index in [4.69, 9.17) is 11.6 Å². The van der Waals surface area contributed by atoms with Crippen LogP contribution in [0.5, 0.6) is 0 Å². The van der Waals surface area contributed by atoms with Crippen LogP contribution < -0.4 is 9.73 Å². The van der Waals surface area contributed by atoms with Crippen molar-refractivity contribution in [1.82, 2.24) is 9.99 Å². The maximum Gasteiger partial charge on any atom is 0.264 e. The molecule has 1 aromatic heterocycles. The van der Waals surface area contributed by atoms with Gasteiger partial charge in [0.1, 0.15) is 6.54 Å². The van der Waals surface area contributed by atoms with E-state index in [1.54, 1.807) is 36.5 Å². The molecule has 0 aliphatic heterocycles. The molecule has 0 aliphatic carbocycles. The van der Waals surface area contributed by atoms with Gasteiger partial charge in [-0.3, -0.25) is 9.10 Å². The van der Waals surface area contributed by atoms with E-state index in [9.17, 15) is 13.2 Å². The minimum atomic E-state index is -4.00. The number of hydrazone groups is 1. The van der Waals surface area contributed by atoms with Crippen LogP contribution in [0, 0.1) is 13.8 Å². The fraction of sp³-hybridized carbons (Fsp3) is 0.200. The van der Waals surface area contributed by atoms with Crippen molar-refractivity contribution in [2.75, 3.05) is 10.8 Å². The molecule has 3 aromatic carbocycles. The van der Waals surface area contributed by atoms with Crippen LogP contribution in [0.1, 0.15) is 42.3 Å². The summed E-state index contributed by atoms with van der Waals surface area (Å²) in [6.45, 7) is 7.61. The summed E-state index contributed by atoms with van der Waals surface area (Å²) in [5.74, 6) is -0.279. The monoisotopic (exact) mass is 562 g/mol. The van der Waals surface area contributed by atoms with Gasteiger partial charge in [0.2, 0.25) is 0 Å². The lowest BCUT2D eigenvalue weighted by Crippen LogP contribution is -2.39. The third-order valence-electron chi connectivity index (χ3n) is 6.40. The number of anilines is 1. The maximum atomic E-state index is 13.5.